The Bertz CT molecular complexity index is 357. The predicted molar refractivity (Wildman–Crippen MR) is 78.1 cm³/mol. The molecule has 1 heterocycles. The van der Waals surface area contributed by atoms with Crippen LogP contribution in [0.1, 0.15) is 71.1 Å². The van der Waals surface area contributed by atoms with Gasteiger partial charge in [-0.25, -0.2) is 0 Å². The molecule has 1 unspecified atom stereocenters. The van der Waals surface area contributed by atoms with Crippen molar-refractivity contribution < 1.29 is 9.90 Å². The number of nitrogens with zero attached hydrogens (tertiary/aromatic N) is 1. The summed E-state index contributed by atoms with van der Waals surface area (Å²) in [5.74, 6) is 0.356. The molecule has 1 amide bonds. The van der Waals surface area contributed by atoms with Crippen molar-refractivity contribution in [1.29, 1.82) is 0 Å². The zero-order valence-corrected chi connectivity index (χ0v) is 12.6. The molecule has 0 aromatic heterocycles. The van der Waals surface area contributed by atoms with E-state index in [9.17, 15) is 9.90 Å². The summed E-state index contributed by atoms with van der Waals surface area (Å²) < 4.78 is 0. The minimum absolute atomic E-state index is 0.151. The van der Waals surface area contributed by atoms with Gasteiger partial charge in [0.1, 0.15) is 0 Å². The summed E-state index contributed by atoms with van der Waals surface area (Å²) in [6.07, 6.45) is 10.2. The van der Waals surface area contributed by atoms with E-state index in [2.05, 4.69) is 17.1 Å². The number of aliphatic hydroxyl groups is 1. The normalized spacial score (nSPS) is 37.0. The number of rotatable bonds is 3. The van der Waals surface area contributed by atoms with Gasteiger partial charge in [0.2, 0.25) is 5.91 Å². The van der Waals surface area contributed by atoms with Crippen LogP contribution in [0, 0.1) is 0 Å². The van der Waals surface area contributed by atoms with Crippen molar-refractivity contribution in [3.05, 3.63) is 0 Å². The largest absolute Gasteiger partial charge is 0.393 e. The molecule has 4 heteroatoms. The van der Waals surface area contributed by atoms with Crippen LogP contribution in [0.25, 0.3) is 0 Å². The minimum atomic E-state index is -0.240. The second kappa shape index (κ2) is 5.64. The van der Waals surface area contributed by atoms with Crippen LogP contribution in [-0.2, 0) is 4.79 Å². The molecule has 2 aliphatic carbocycles. The Morgan fingerprint density at radius 3 is 2.50 bits per heavy atom. The first-order valence-corrected chi connectivity index (χ1v) is 8.45. The lowest BCUT2D eigenvalue weighted by atomic mass is 9.90. The zero-order valence-electron chi connectivity index (χ0n) is 12.6. The Morgan fingerprint density at radius 1 is 1.25 bits per heavy atom. The summed E-state index contributed by atoms with van der Waals surface area (Å²) in [5.41, 5.74) is -0.240. The number of carbonyl (C=O) groups excluding carboxylic acids is 1. The van der Waals surface area contributed by atoms with E-state index in [0.29, 0.717) is 11.9 Å². The highest BCUT2D eigenvalue weighted by Gasteiger charge is 2.53. The van der Waals surface area contributed by atoms with E-state index >= 15 is 0 Å². The topological polar surface area (TPSA) is 52.6 Å². The third-order valence-electron chi connectivity index (χ3n) is 5.50. The van der Waals surface area contributed by atoms with Gasteiger partial charge in [0.25, 0.3) is 0 Å². The molecule has 0 radical (unpaired) electrons. The SMILES string of the molecule is CCCC1NC2(CCCC2)C(=O)N1C1CCC(O)CC1. The highest BCUT2D eigenvalue weighted by atomic mass is 16.3. The van der Waals surface area contributed by atoms with Crippen molar-refractivity contribution in [2.45, 2.75) is 95.0 Å². The van der Waals surface area contributed by atoms with Crippen molar-refractivity contribution in [2.24, 2.45) is 0 Å². The van der Waals surface area contributed by atoms with E-state index in [-0.39, 0.29) is 17.8 Å². The van der Waals surface area contributed by atoms with Gasteiger partial charge in [-0.3, -0.25) is 10.1 Å². The summed E-state index contributed by atoms with van der Waals surface area (Å²) in [6.45, 7) is 2.19. The summed E-state index contributed by atoms with van der Waals surface area (Å²) in [4.78, 5) is 15.2. The standard InChI is InChI=1S/C16H28N2O2/c1-2-5-14-17-16(10-3-4-11-16)15(20)18(14)12-6-8-13(19)9-7-12/h12-14,17,19H,2-11H2,1H3. The van der Waals surface area contributed by atoms with Crippen LogP contribution < -0.4 is 5.32 Å². The Labute approximate surface area is 121 Å². The lowest BCUT2D eigenvalue weighted by molar-refractivity contribution is -0.136. The number of hydrogen-bond donors (Lipinski definition) is 2. The predicted octanol–water partition coefficient (Wildman–Crippen LogP) is 2.16. The maximum Gasteiger partial charge on any atom is 0.244 e. The molecule has 3 fully saturated rings. The van der Waals surface area contributed by atoms with Crippen molar-refractivity contribution in [3.63, 3.8) is 0 Å². The molecule has 1 atom stereocenters. The van der Waals surface area contributed by atoms with Crippen LogP contribution >= 0.6 is 0 Å². The van der Waals surface area contributed by atoms with E-state index in [1.807, 2.05) is 0 Å². The fourth-order valence-corrected chi connectivity index (χ4v) is 4.42. The first-order valence-electron chi connectivity index (χ1n) is 8.45. The molecule has 114 valence electrons. The fourth-order valence-electron chi connectivity index (χ4n) is 4.42. The Morgan fingerprint density at radius 2 is 1.90 bits per heavy atom. The van der Waals surface area contributed by atoms with E-state index in [0.717, 1.165) is 51.4 Å². The Hall–Kier alpha value is -0.610. The number of amides is 1. The van der Waals surface area contributed by atoms with Gasteiger partial charge in [0, 0.05) is 6.04 Å². The van der Waals surface area contributed by atoms with E-state index in [1.165, 1.54) is 12.8 Å². The lowest BCUT2D eigenvalue weighted by Gasteiger charge is -2.36. The van der Waals surface area contributed by atoms with Gasteiger partial charge in [0.15, 0.2) is 0 Å². The van der Waals surface area contributed by atoms with Crippen LogP contribution in [0.2, 0.25) is 0 Å². The molecule has 1 aliphatic heterocycles. The molecule has 1 saturated heterocycles. The summed E-state index contributed by atoms with van der Waals surface area (Å²) in [6, 6.07) is 0.343. The molecule has 4 nitrogen and oxygen atoms in total. The number of hydrogen-bond acceptors (Lipinski definition) is 3. The first kappa shape index (κ1) is 14.3. The first-order chi connectivity index (χ1) is 9.66. The molecule has 3 rings (SSSR count). The lowest BCUT2D eigenvalue weighted by Crippen LogP contribution is -2.47. The molecule has 20 heavy (non-hydrogen) atoms. The van der Waals surface area contributed by atoms with Crippen LogP contribution in [-0.4, -0.2) is 39.8 Å². The second-order valence-electron chi connectivity index (χ2n) is 6.91. The van der Waals surface area contributed by atoms with Crippen molar-refractivity contribution in [2.75, 3.05) is 0 Å². The van der Waals surface area contributed by atoms with Gasteiger partial charge in [-0.1, -0.05) is 26.2 Å². The Kier molecular flexibility index (Phi) is 4.04. The summed E-state index contributed by atoms with van der Waals surface area (Å²) in [5, 5.41) is 13.4. The number of carbonyl (C=O) groups is 1. The molecular formula is C16H28N2O2. The zero-order chi connectivity index (χ0) is 14.2. The molecular weight excluding hydrogens is 252 g/mol. The molecule has 0 aromatic carbocycles. The highest BCUT2D eigenvalue weighted by Crippen LogP contribution is 2.40. The summed E-state index contributed by atoms with van der Waals surface area (Å²) >= 11 is 0. The maximum atomic E-state index is 13.0. The van der Waals surface area contributed by atoms with Crippen molar-refractivity contribution in [3.8, 4) is 0 Å². The van der Waals surface area contributed by atoms with Gasteiger partial charge in [0.05, 0.1) is 17.8 Å². The maximum absolute atomic E-state index is 13.0. The third kappa shape index (κ3) is 2.37. The van der Waals surface area contributed by atoms with Gasteiger partial charge < -0.3 is 10.0 Å². The summed E-state index contributed by atoms with van der Waals surface area (Å²) in [7, 11) is 0. The molecule has 0 aromatic rings. The second-order valence-corrected chi connectivity index (χ2v) is 6.91. The molecule has 3 aliphatic rings. The van der Waals surface area contributed by atoms with Crippen LogP contribution in [0.3, 0.4) is 0 Å². The molecule has 0 bridgehead atoms. The monoisotopic (exact) mass is 280 g/mol. The minimum Gasteiger partial charge on any atom is -0.393 e. The average molecular weight is 280 g/mol. The smallest absolute Gasteiger partial charge is 0.244 e. The highest BCUT2D eigenvalue weighted by molar-refractivity contribution is 5.89. The van der Waals surface area contributed by atoms with Crippen LogP contribution in [0.4, 0.5) is 0 Å². The number of aliphatic hydroxyl groups excluding tert-OH is 1. The van der Waals surface area contributed by atoms with Gasteiger partial charge >= 0.3 is 0 Å². The van der Waals surface area contributed by atoms with Crippen LogP contribution in [0.15, 0.2) is 0 Å². The van der Waals surface area contributed by atoms with Gasteiger partial charge in [-0.15, -0.1) is 0 Å². The quantitative estimate of drug-likeness (QED) is 0.833. The van der Waals surface area contributed by atoms with E-state index in [1.54, 1.807) is 0 Å². The van der Waals surface area contributed by atoms with Crippen molar-refractivity contribution >= 4 is 5.91 Å². The average Bonchev–Trinajstić information content (AvgIpc) is 3.00. The fraction of sp³-hybridized carbons (Fsp3) is 0.938. The molecule has 2 N–H and O–H groups in total. The van der Waals surface area contributed by atoms with Gasteiger partial charge in [-0.2, -0.15) is 0 Å². The van der Waals surface area contributed by atoms with E-state index in [4.69, 9.17) is 0 Å². The van der Waals surface area contributed by atoms with Gasteiger partial charge in [-0.05, 0) is 44.9 Å². The van der Waals surface area contributed by atoms with Crippen molar-refractivity contribution in [1.82, 2.24) is 10.2 Å². The Balaban J connectivity index is 1.77. The molecule has 1 spiro atoms. The third-order valence-corrected chi connectivity index (χ3v) is 5.50. The number of nitrogens with one attached hydrogen (secondary N) is 1. The van der Waals surface area contributed by atoms with Crippen LogP contribution in [0.5, 0.6) is 0 Å². The molecule has 2 saturated carbocycles. The van der Waals surface area contributed by atoms with E-state index < -0.39 is 0 Å².